The molecule has 1 atom stereocenters. The smallest absolute Gasteiger partial charge is 0.347 e. The predicted molar refractivity (Wildman–Crippen MR) is 74.7 cm³/mol. The van der Waals surface area contributed by atoms with E-state index >= 15 is 0 Å². The minimum atomic E-state index is -0.869. The molecule has 0 amide bonds. The predicted octanol–water partition coefficient (Wildman–Crippen LogP) is 2.70. The Bertz CT molecular complexity index is 483. The van der Waals surface area contributed by atoms with Crippen molar-refractivity contribution >= 4 is 5.97 Å². The zero-order valence-electron chi connectivity index (χ0n) is 12.1. The second kappa shape index (κ2) is 6.40. The summed E-state index contributed by atoms with van der Waals surface area (Å²) in [6.45, 7) is 7.63. The SMILES string of the molecule is COC(=O)[C@H](C#Cc1ccc(C)cc1)OC(C)(C)C. The van der Waals surface area contributed by atoms with Gasteiger partial charge in [-0.15, -0.1) is 0 Å². The van der Waals surface area contributed by atoms with E-state index in [4.69, 9.17) is 9.47 Å². The van der Waals surface area contributed by atoms with E-state index in [0.717, 1.165) is 5.56 Å². The largest absolute Gasteiger partial charge is 0.466 e. The lowest BCUT2D eigenvalue weighted by molar-refractivity contribution is -0.157. The summed E-state index contributed by atoms with van der Waals surface area (Å²) in [6.07, 6.45) is -0.869. The van der Waals surface area contributed by atoms with Gasteiger partial charge < -0.3 is 9.47 Å². The number of aryl methyl sites for hydroxylation is 1. The van der Waals surface area contributed by atoms with Gasteiger partial charge in [0.05, 0.1) is 12.7 Å². The van der Waals surface area contributed by atoms with Crippen LogP contribution in [0.15, 0.2) is 24.3 Å². The van der Waals surface area contributed by atoms with Gasteiger partial charge in [0.1, 0.15) is 0 Å². The Hall–Kier alpha value is -1.79. The molecule has 0 unspecified atom stereocenters. The van der Waals surface area contributed by atoms with Gasteiger partial charge in [-0.25, -0.2) is 4.79 Å². The van der Waals surface area contributed by atoms with Crippen LogP contribution in [0.4, 0.5) is 0 Å². The van der Waals surface area contributed by atoms with Gasteiger partial charge in [-0.1, -0.05) is 29.5 Å². The van der Waals surface area contributed by atoms with Crippen LogP contribution in [0.2, 0.25) is 0 Å². The second-order valence-electron chi connectivity index (χ2n) is 5.27. The van der Waals surface area contributed by atoms with Crippen LogP contribution < -0.4 is 0 Å². The molecule has 102 valence electrons. The minimum absolute atomic E-state index is 0.458. The van der Waals surface area contributed by atoms with E-state index in [1.807, 2.05) is 52.0 Å². The number of rotatable bonds is 2. The summed E-state index contributed by atoms with van der Waals surface area (Å²) >= 11 is 0. The molecule has 0 saturated heterocycles. The van der Waals surface area contributed by atoms with E-state index in [1.165, 1.54) is 12.7 Å². The highest BCUT2D eigenvalue weighted by molar-refractivity contribution is 5.78. The third-order valence-electron chi connectivity index (χ3n) is 2.29. The molecule has 0 fully saturated rings. The van der Waals surface area contributed by atoms with E-state index in [-0.39, 0.29) is 0 Å². The fraction of sp³-hybridized carbons (Fsp3) is 0.438. The van der Waals surface area contributed by atoms with Gasteiger partial charge in [0.2, 0.25) is 6.10 Å². The number of hydrogen-bond acceptors (Lipinski definition) is 3. The third-order valence-corrected chi connectivity index (χ3v) is 2.29. The number of methoxy groups -OCH3 is 1. The van der Waals surface area contributed by atoms with Crippen LogP contribution in [-0.4, -0.2) is 24.8 Å². The molecule has 0 aliphatic carbocycles. The average Bonchev–Trinajstić information content (AvgIpc) is 2.34. The molecule has 0 saturated carbocycles. The quantitative estimate of drug-likeness (QED) is 0.606. The van der Waals surface area contributed by atoms with E-state index < -0.39 is 17.7 Å². The van der Waals surface area contributed by atoms with Gasteiger partial charge in [-0.05, 0) is 39.8 Å². The highest BCUT2D eigenvalue weighted by Gasteiger charge is 2.24. The van der Waals surface area contributed by atoms with E-state index in [0.29, 0.717) is 0 Å². The molecule has 0 N–H and O–H groups in total. The van der Waals surface area contributed by atoms with Crippen molar-refractivity contribution in [2.75, 3.05) is 7.11 Å². The molecular weight excluding hydrogens is 240 g/mol. The van der Waals surface area contributed by atoms with E-state index in [1.54, 1.807) is 0 Å². The molecule has 1 aromatic rings. The molecule has 19 heavy (non-hydrogen) atoms. The highest BCUT2D eigenvalue weighted by atomic mass is 16.6. The molecule has 3 nitrogen and oxygen atoms in total. The monoisotopic (exact) mass is 260 g/mol. The maximum Gasteiger partial charge on any atom is 0.347 e. The van der Waals surface area contributed by atoms with Crippen molar-refractivity contribution in [3.63, 3.8) is 0 Å². The standard InChI is InChI=1S/C16H20O3/c1-12-6-8-13(9-7-12)10-11-14(15(17)18-5)19-16(2,3)4/h6-9,14H,1-5H3/t14-/m0/s1. The van der Waals surface area contributed by atoms with Gasteiger partial charge in [-0.2, -0.15) is 0 Å². The molecule has 0 aliphatic heterocycles. The van der Waals surface area contributed by atoms with Gasteiger partial charge in [0.15, 0.2) is 0 Å². The number of benzene rings is 1. The first-order valence-electron chi connectivity index (χ1n) is 6.16. The van der Waals surface area contributed by atoms with Crippen LogP contribution in [0.5, 0.6) is 0 Å². The highest BCUT2D eigenvalue weighted by Crippen LogP contribution is 2.11. The van der Waals surface area contributed by atoms with Crippen LogP contribution in [0.1, 0.15) is 31.9 Å². The van der Waals surface area contributed by atoms with Crippen LogP contribution in [0.3, 0.4) is 0 Å². The molecule has 0 heterocycles. The fourth-order valence-corrected chi connectivity index (χ4v) is 1.38. The summed E-state index contributed by atoms with van der Waals surface area (Å²) in [5.74, 6) is 5.27. The van der Waals surface area contributed by atoms with Gasteiger partial charge in [-0.3, -0.25) is 0 Å². The number of esters is 1. The van der Waals surface area contributed by atoms with Crippen LogP contribution >= 0.6 is 0 Å². The zero-order chi connectivity index (χ0) is 14.5. The Morgan fingerprint density at radius 2 is 1.79 bits per heavy atom. The van der Waals surface area contributed by atoms with Crippen LogP contribution in [0.25, 0.3) is 0 Å². The maximum absolute atomic E-state index is 11.6. The molecular formula is C16H20O3. The first-order valence-corrected chi connectivity index (χ1v) is 6.16. The van der Waals surface area contributed by atoms with E-state index in [9.17, 15) is 4.79 Å². The fourth-order valence-electron chi connectivity index (χ4n) is 1.38. The zero-order valence-corrected chi connectivity index (χ0v) is 12.1. The van der Waals surface area contributed by atoms with Crippen molar-refractivity contribution in [3.05, 3.63) is 35.4 Å². The Morgan fingerprint density at radius 3 is 2.26 bits per heavy atom. The summed E-state index contributed by atoms with van der Waals surface area (Å²) in [7, 11) is 1.33. The Balaban J connectivity index is 2.89. The first-order chi connectivity index (χ1) is 8.81. The van der Waals surface area contributed by atoms with Crippen molar-refractivity contribution in [1.29, 1.82) is 0 Å². The molecule has 1 aromatic carbocycles. The minimum Gasteiger partial charge on any atom is -0.466 e. The Morgan fingerprint density at radius 1 is 1.21 bits per heavy atom. The summed E-state index contributed by atoms with van der Waals surface area (Å²) in [6, 6.07) is 7.77. The lowest BCUT2D eigenvalue weighted by Gasteiger charge is -2.22. The topological polar surface area (TPSA) is 35.5 Å². The first kappa shape index (κ1) is 15.3. The summed E-state index contributed by atoms with van der Waals surface area (Å²) in [5, 5.41) is 0. The summed E-state index contributed by atoms with van der Waals surface area (Å²) in [4.78, 5) is 11.6. The number of ether oxygens (including phenoxy) is 2. The molecule has 1 rings (SSSR count). The second-order valence-corrected chi connectivity index (χ2v) is 5.27. The molecule has 3 heteroatoms. The van der Waals surface area contributed by atoms with Gasteiger partial charge >= 0.3 is 5.97 Å². The lowest BCUT2D eigenvalue weighted by atomic mass is 10.1. The Labute approximate surface area is 114 Å². The van der Waals surface area contributed by atoms with Crippen molar-refractivity contribution < 1.29 is 14.3 Å². The van der Waals surface area contributed by atoms with Crippen LogP contribution in [-0.2, 0) is 14.3 Å². The Kier molecular flexibility index (Phi) is 5.14. The van der Waals surface area contributed by atoms with Crippen molar-refractivity contribution in [2.45, 2.75) is 39.4 Å². The van der Waals surface area contributed by atoms with Gasteiger partial charge in [0, 0.05) is 5.56 Å². The molecule has 0 aliphatic rings. The number of hydrogen-bond donors (Lipinski definition) is 0. The van der Waals surface area contributed by atoms with Crippen LogP contribution in [0, 0.1) is 18.8 Å². The van der Waals surface area contributed by atoms with Crippen molar-refractivity contribution in [1.82, 2.24) is 0 Å². The summed E-state index contributed by atoms with van der Waals surface area (Å²) < 4.78 is 10.3. The normalized spacial score (nSPS) is 12.3. The average molecular weight is 260 g/mol. The molecule has 0 radical (unpaired) electrons. The van der Waals surface area contributed by atoms with Gasteiger partial charge in [0.25, 0.3) is 0 Å². The number of carbonyl (C=O) groups excluding carboxylic acids is 1. The lowest BCUT2D eigenvalue weighted by Crippen LogP contribution is -2.33. The van der Waals surface area contributed by atoms with Crippen molar-refractivity contribution in [3.8, 4) is 11.8 Å². The molecule has 0 aromatic heterocycles. The van der Waals surface area contributed by atoms with Crippen molar-refractivity contribution in [2.24, 2.45) is 0 Å². The summed E-state index contributed by atoms with van der Waals surface area (Å²) in [5.41, 5.74) is 1.55. The number of carbonyl (C=O) groups is 1. The maximum atomic E-state index is 11.6. The molecule has 0 spiro atoms. The third kappa shape index (κ3) is 5.58. The van der Waals surface area contributed by atoms with E-state index in [2.05, 4.69) is 11.8 Å². The molecule has 0 bridgehead atoms.